The maximum Gasteiger partial charge on any atom is 0.120 e. The number of nitrogens with one attached hydrogen (secondary N) is 1. The predicted molar refractivity (Wildman–Crippen MR) is 71.3 cm³/mol. The van der Waals surface area contributed by atoms with E-state index in [1.165, 1.54) is 0 Å². The lowest BCUT2D eigenvalue weighted by Gasteiger charge is -2.09. The Morgan fingerprint density at radius 2 is 1.81 bits per heavy atom. The van der Waals surface area contributed by atoms with Gasteiger partial charge in [0.15, 0.2) is 0 Å². The first-order chi connectivity index (χ1) is 7.54. The van der Waals surface area contributed by atoms with E-state index in [-0.39, 0.29) is 5.84 Å². The van der Waals surface area contributed by atoms with Gasteiger partial charge in [0.1, 0.15) is 5.84 Å². The molecule has 0 atom stereocenters. The van der Waals surface area contributed by atoms with Crippen LogP contribution in [0.25, 0.3) is 0 Å². The normalized spacial score (nSPS) is 12.1. The van der Waals surface area contributed by atoms with Crippen LogP contribution in [-0.2, 0) is 6.42 Å². The highest BCUT2D eigenvalue weighted by Crippen LogP contribution is 2.15. The largest absolute Gasteiger partial charge is 0.402 e. The van der Waals surface area contributed by atoms with Crippen molar-refractivity contribution in [3.8, 4) is 0 Å². The van der Waals surface area contributed by atoms with Crippen molar-refractivity contribution < 1.29 is 0 Å². The Hall–Kier alpha value is -1.29. The van der Waals surface area contributed by atoms with Crippen molar-refractivity contribution in [3.05, 3.63) is 45.6 Å². The lowest BCUT2D eigenvalue weighted by Crippen LogP contribution is -2.19. The first-order valence-corrected chi connectivity index (χ1v) is 5.90. The molecule has 0 aromatic heterocycles. The number of hydrogen-bond acceptors (Lipinski definition) is 2. The van der Waals surface area contributed by atoms with Crippen molar-refractivity contribution in [1.82, 2.24) is 0 Å². The highest BCUT2D eigenvalue weighted by Gasteiger charge is 2.07. The van der Waals surface area contributed by atoms with Crippen LogP contribution in [0.1, 0.15) is 18.9 Å². The van der Waals surface area contributed by atoms with Gasteiger partial charge in [-0.25, -0.2) is 0 Å². The lowest BCUT2D eigenvalue weighted by molar-refractivity contribution is 1.01. The Balaban J connectivity index is 2.93. The Bertz CT molecular complexity index is 407. The molecular weight excluding hydrogens is 266 g/mol. The maximum atomic E-state index is 7.51. The minimum Gasteiger partial charge on any atom is -0.402 e. The van der Waals surface area contributed by atoms with E-state index in [0.717, 1.165) is 15.6 Å². The van der Waals surface area contributed by atoms with E-state index < -0.39 is 0 Å². The van der Waals surface area contributed by atoms with Gasteiger partial charge >= 0.3 is 0 Å². The van der Waals surface area contributed by atoms with Crippen LogP contribution in [0.15, 0.2) is 40.0 Å². The van der Waals surface area contributed by atoms with E-state index in [9.17, 15) is 0 Å². The minimum atomic E-state index is 0.0577. The summed E-state index contributed by atoms with van der Waals surface area (Å²) in [5.74, 6) is 0.0577. The summed E-state index contributed by atoms with van der Waals surface area (Å²) in [5.41, 5.74) is 13.9. The molecule has 0 amide bonds. The molecule has 0 radical (unpaired) electrons. The van der Waals surface area contributed by atoms with Gasteiger partial charge in [0.2, 0.25) is 0 Å². The number of allylic oxidation sites excluding steroid dienone is 1. The first-order valence-electron chi connectivity index (χ1n) is 5.11. The summed E-state index contributed by atoms with van der Waals surface area (Å²) >= 11 is 3.38. The highest BCUT2D eigenvalue weighted by molar-refractivity contribution is 9.10. The van der Waals surface area contributed by atoms with E-state index in [2.05, 4.69) is 15.9 Å². The number of hydrogen-bond donors (Lipinski definition) is 3. The molecule has 4 heteroatoms. The smallest absolute Gasteiger partial charge is 0.120 e. The summed E-state index contributed by atoms with van der Waals surface area (Å²) in [6.45, 7) is 1.96. The molecular formula is C12H16BrN3. The standard InChI is InChI=1S/C12H16BrN3/c1-2-11(14)10(12(15)16)7-8-3-5-9(13)6-4-8/h3-6H,2,7,14H2,1H3,(H3,15,16)/b11-10-. The monoisotopic (exact) mass is 281 g/mol. The van der Waals surface area contributed by atoms with Crippen molar-refractivity contribution in [2.45, 2.75) is 19.8 Å². The molecule has 1 aromatic rings. The zero-order chi connectivity index (χ0) is 12.1. The zero-order valence-corrected chi connectivity index (χ0v) is 10.8. The number of amidine groups is 1. The Kier molecular flexibility index (Phi) is 4.55. The topological polar surface area (TPSA) is 75.9 Å². The second kappa shape index (κ2) is 5.70. The molecule has 1 aromatic carbocycles. The van der Waals surface area contributed by atoms with Gasteiger partial charge in [-0.15, -0.1) is 0 Å². The SMILES string of the molecule is CC/C(N)=C(\Cc1ccc(Br)cc1)C(=N)N. The Morgan fingerprint density at radius 1 is 1.25 bits per heavy atom. The molecule has 1 rings (SSSR count). The third kappa shape index (κ3) is 3.38. The summed E-state index contributed by atoms with van der Waals surface area (Å²) in [4.78, 5) is 0. The van der Waals surface area contributed by atoms with Crippen LogP contribution in [0.5, 0.6) is 0 Å². The van der Waals surface area contributed by atoms with E-state index in [0.29, 0.717) is 18.5 Å². The Morgan fingerprint density at radius 3 is 2.25 bits per heavy atom. The molecule has 0 bridgehead atoms. The van der Waals surface area contributed by atoms with Crippen molar-refractivity contribution in [2.75, 3.05) is 0 Å². The summed E-state index contributed by atoms with van der Waals surface area (Å²) in [5, 5.41) is 7.51. The second-order valence-corrected chi connectivity index (χ2v) is 4.49. The second-order valence-electron chi connectivity index (χ2n) is 3.57. The molecule has 0 unspecified atom stereocenters. The summed E-state index contributed by atoms with van der Waals surface area (Å²) in [7, 11) is 0. The number of benzene rings is 1. The molecule has 86 valence electrons. The van der Waals surface area contributed by atoms with Gasteiger partial charge in [0, 0.05) is 22.2 Å². The summed E-state index contributed by atoms with van der Waals surface area (Å²) < 4.78 is 1.04. The van der Waals surface area contributed by atoms with Gasteiger partial charge in [-0.2, -0.15) is 0 Å². The van der Waals surface area contributed by atoms with Crippen LogP contribution in [-0.4, -0.2) is 5.84 Å². The number of rotatable bonds is 4. The van der Waals surface area contributed by atoms with Gasteiger partial charge < -0.3 is 11.5 Å². The van der Waals surface area contributed by atoms with Crippen molar-refractivity contribution in [3.63, 3.8) is 0 Å². The van der Waals surface area contributed by atoms with Gasteiger partial charge in [-0.05, 0) is 24.1 Å². The van der Waals surface area contributed by atoms with Crippen molar-refractivity contribution >= 4 is 21.8 Å². The van der Waals surface area contributed by atoms with Crippen LogP contribution in [0.2, 0.25) is 0 Å². The van der Waals surface area contributed by atoms with E-state index >= 15 is 0 Å². The third-order valence-corrected chi connectivity index (χ3v) is 2.92. The quantitative estimate of drug-likeness (QED) is 0.586. The van der Waals surface area contributed by atoms with Crippen LogP contribution in [0, 0.1) is 5.41 Å². The van der Waals surface area contributed by atoms with Gasteiger partial charge in [-0.3, -0.25) is 5.41 Å². The molecule has 0 saturated heterocycles. The molecule has 0 aliphatic rings. The summed E-state index contributed by atoms with van der Waals surface area (Å²) in [6, 6.07) is 7.93. The number of halogens is 1. The van der Waals surface area contributed by atoms with E-state index in [1.54, 1.807) is 0 Å². The maximum absolute atomic E-state index is 7.51. The van der Waals surface area contributed by atoms with Crippen LogP contribution in [0.3, 0.4) is 0 Å². The molecule has 0 aliphatic carbocycles. The van der Waals surface area contributed by atoms with Crippen LogP contribution >= 0.6 is 15.9 Å². The van der Waals surface area contributed by atoms with E-state index in [4.69, 9.17) is 16.9 Å². The molecule has 0 aliphatic heterocycles. The highest BCUT2D eigenvalue weighted by atomic mass is 79.9. The fraction of sp³-hybridized carbons (Fsp3) is 0.250. The van der Waals surface area contributed by atoms with Gasteiger partial charge in [0.25, 0.3) is 0 Å². The van der Waals surface area contributed by atoms with Gasteiger partial charge in [0.05, 0.1) is 0 Å². The fourth-order valence-corrected chi connectivity index (χ4v) is 1.67. The summed E-state index contributed by atoms with van der Waals surface area (Å²) in [6.07, 6.45) is 1.33. The fourth-order valence-electron chi connectivity index (χ4n) is 1.40. The van der Waals surface area contributed by atoms with Crippen molar-refractivity contribution in [2.24, 2.45) is 11.5 Å². The average molecular weight is 282 g/mol. The van der Waals surface area contributed by atoms with Crippen LogP contribution < -0.4 is 11.5 Å². The zero-order valence-electron chi connectivity index (χ0n) is 9.26. The van der Waals surface area contributed by atoms with Gasteiger partial charge in [-0.1, -0.05) is 35.0 Å². The molecule has 5 N–H and O–H groups in total. The van der Waals surface area contributed by atoms with E-state index in [1.807, 2.05) is 31.2 Å². The molecule has 0 fully saturated rings. The predicted octanol–water partition coefficient (Wildman–Crippen LogP) is 2.55. The van der Waals surface area contributed by atoms with Crippen LogP contribution in [0.4, 0.5) is 0 Å². The van der Waals surface area contributed by atoms with Crippen molar-refractivity contribution in [1.29, 1.82) is 5.41 Å². The molecule has 0 saturated carbocycles. The lowest BCUT2D eigenvalue weighted by atomic mass is 10.0. The third-order valence-electron chi connectivity index (χ3n) is 2.39. The molecule has 16 heavy (non-hydrogen) atoms. The Labute approximate surface area is 104 Å². The number of nitrogens with two attached hydrogens (primary N) is 2. The average Bonchev–Trinajstić information content (AvgIpc) is 2.27. The molecule has 3 nitrogen and oxygen atoms in total. The molecule has 0 spiro atoms. The molecule has 0 heterocycles. The first kappa shape index (κ1) is 12.8. The minimum absolute atomic E-state index is 0.0577.